The lowest BCUT2D eigenvalue weighted by molar-refractivity contribution is 0.108. The monoisotopic (exact) mass is 338 g/mol. The number of thiazole rings is 1. The maximum Gasteiger partial charge on any atom is 0.278 e. The molecule has 0 spiro atoms. The highest BCUT2D eigenvalue weighted by molar-refractivity contribution is 7.11. The molecule has 0 bridgehead atoms. The van der Waals surface area contributed by atoms with Crippen LogP contribution in [0, 0.1) is 11.3 Å². The lowest BCUT2D eigenvalue weighted by atomic mass is 10.1. The number of hydrogen-bond acceptors (Lipinski definition) is 6. The van der Waals surface area contributed by atoms with E-state index >= 15 is 0 Å². The molecule has 0 aliphatic heterocycles. The van der Waals surface area contributed by atoms with Crippen molar-refractivity contribution in [2.24, 2.45) is 0 Å². The number of nitrogens with zero attached hydrogens (tertiary/aromatic N) is 2. The average molecular weight is 338 g/mol. The summed E-state index contributed by atoms with van der Waals surface area (Å²) in [5.41, 5.74) is 1.26. The number of nitriles is 1. The van der Waals surface area contributed by atoms with Crippen LogP contribution >= 0.6 is 11.3 Å². The van der Waals surface area contributed by atoms with Crippen LogP contribution in [0.25, 0.3) is 0 Å². The summed E-state index contributed by atoms with van der Waals surface area (Å²) in [6.07, 6.45) is 0.922. The first-order chi connectivity index (χ1) is 11.7. The maximum atomic E-state index is 10.1. The highest BCUT2D eigenvalue weighted by Crippen LogP contribution is 2.25. The Kier molecular flexibility index (Phi) is 5.06. The topological polar surface area (TPSA) is 75.4 Å². The van der Waals surface area contributed by atoms with Gasteiger partial charge in [0.05, 0.1) is 11.6 Å². The van der Waals surface area contributed by atoms with E-state index in [-0.39, 0.29) is 6.61 Å². The van der Waals surface area contributed by atoms with Gasteiger partial charge in [-0.2, -0.15) is 5.26 Å². The predicted octanol–water partition coefficient (Wildman–Crippen LogP) is 3.92. The summed E-state index contributed by atoms with van der Waals surface area (Å²) in [5, 5.41) is 21.3. The van der Waals surface area contributed by atoms with Gasteiger partial charge in [-0.3, -0.25) is 0 Å². The summed E-state index contributed by atoms with van der Waals surface area (Å²) >= 11 is 1.42. The largest absolute Gasteiger partial charge is 0.491 e. The highest BCUT2D eigenvalue weighted by Gasteiger charge is 2.09. The van der Waals surface area contributed by atoms with E-state index in [4.69, 9.17) is 14.7 Å². The van der Waals surface area contributed by atoms with Crippen molar-refractivity contribution in [3.63, 3.8) is 0 Å². The molecule has 1 heterocycles. The van der Waals surface area contributed by atoms with Crippen molar-refractivity contribution >= 4 is 11.3 Å². The fourth-order valence-electron chi connectivity index (χ4n) is 2.02. The molecule has 24 heavy (non-hydrogen) atoms. The number of aromatic nitrogens is 1. The number of benzene rings is 2. The average Bonchev–Trinajstić information content (AvgIpc) is 3.14. The van der Waals surface area contributed by atoms with E-state index < -0.39 is 6.10 Å². The Morgan fingerprint density at radius 1 is 1.08 bits per heavy atom. The van der Waals surface area contributed by atoms with Gasteiger partial charge in [0.15, 0.2) is 0 Å². The molecule has 0 amide bonds. The van der Waals surface area contributed by atoms with Gasteiger partial charge in [-0.15, -0.1) is 0 Å². The zero-order valence-electron chi connectivity index (χ0n) is 12.6. The predicted molar refractivity (Wildman–Crippen MR) is 90.2 cm³/mol. The van der Waals surface area contributed by atoms with E-state index in [2.05, 4.69) is 4.98 Å². The molecule has 3 rings (SSSR count). The summed E-state index contributed by atoms with van der Waals surface area (Å²) in [5.74, 6) is 1.30. The van der Waals surface area contributed by atoms with Crippen molar-refractivity contribution in [2.45, 2.75) is 6.10 Å². The van der Waals surface area contributed by atoms with Crippen molar-refractivity contribution in [1.29, 1.82) is 5.26 Å². The van der Waals surface area contributed by atoms with Crippen LogP contribution in [0.2, 0.25) is 0 Å². The Morgan fingerprint density at radius 2 is 1.79 bits per heavy atom. The normalized spacial score (nSPS) is 11.5. The molecule has 0 aliphatic rings. The van der Waals surface area contributed by atoms with Gasteiger partial charge in [0.2, 0.25) is 0 Å². The van der Waals surface area contributed by atoms with Crippen molar-refractivity contribution in [1.82, 2.24) is 4.98 Å². The molecular formula is C18H14N2O3S. The van der Waals surface area contributed by atoms with Crippen LogP contribution in [0.15, 0.2) is 60.1 Å². The number of aliphatic hydroxyl groups excluding tert-OH is 1. The molecule has 0 fully saturated rings. The molecule has 0 aliphatic carbocycles. The Morgan fingerprint density at radius 3 is 2.42 bits per heavy atom. The fraction of sp³-hybridized carbons (Fsp3) is 0.111. The molecule has 0 saturated carbocycles. The van der Waals surface area contributed by atoms with Gasteiger partial charge in [-0.25, -0.2) is 4.98 Å². The van der Waals surface area contributed by atoms with E-state index in [1.165, 1.54) is 11.3 Å². The molecule has 0 radical (unpaired) electrons. The molecule has 5 nitrogen and oxygen atoms in total. The first-order valence-corrected chi connectivity index (χ1v) is 8.11. The quantitative estimate of drug-likeness (QED) is 0.737. The molecule has 1 atom stereocenters. The number of rotatable bonds is 6. The number of hydrogen-bond donors (Lipinski definition) is 1. The van der Waals surface area contributed by atoms with Gasteiger partial charge in [-0.05, 0) is 42.0 Å². The van der Waals surface area contributed by atoms with E-state index in [9.17, 15) is 5.11 Å². The Hall–Kier alpha value is -2.88. The lowest BCUT2D eigenvalue weighted by Crippen LogP contribution is -2.09. The Bertz CT molecular complexity index is 809. The van der Waals surface area contributed by atoms with Gasteiger partial charge >= 0.3 is 0 Å². The first kappa shape index (κ1) is 16.0. The first-order valence-electron chi connectivity index (χ1n) is 7.23. The van der Waals surface area contributed by atoms with Crippen LogP contribution in [0.3, 0.4) is 0 Å². The molecule has 1 aromatic heterocycles. The van der Waals surface area contributed by atoms with Crippen molar-refractivity contribution in [3.05, 3.63) is 71.2 Å². The zero-order valence-corrected chi connectivity index (χ0v) is 13.4. The summed E-state index contributed by atoms with van der Waals surface area (Å²) in [4.78, 5) is 4.05. The van der Waals surface area contributed by atoms with E-state index in [0.717, 1.165) is 0 Å². The molecule has 2 aromatic carbocycles. The van der Waals surface area contributed by atoms with Crippen molar-refractivity contribution in [2.75, 3.05) is 6.61 Å². The standard InChI is InChI=1S/C18H14N2O3S/c19-11-13-1-3-14(4-2-13)17(21)12-22-15-5-7-16(8-6-15)23-18-20-9-10-24-18/h1-10,17,21H,12H2. The zero-order chi connectivity index (χ0) is 16.8. The van der Waals surface area contributed by atoms with Crippen LogP contribution in [-0.4, -0.2) is 16.7 Å². The highest BCUT2D eigenvalue weighted by atomic mass is 32.1. The maximum absolute atomic E-state index is 10.1. The second-order valence-electron chi connectivity index (χ2n) is 4.93. The number of ether oxygens (including phenoxy) is 2. The van der Waals surface area contributed by atoms with Crippen LogP contribution < -0.4 is 9.47 Å². The second kappa shape index (κ2) is 7.59. The molecule has 3 aromatic rings. The molecule has 1 unspecified atom stereocenters. The fourth-order valence-corrected chi connectivity index (χ4v) is 2.52. The molecular weight excluding hydrogens is 324 g/mol. The van der Waals surface area contributed by atoms with E-state index in [0.29, 0.717) is 27.8 Å². The third-order valence-corrected chi connectivity index (χ3v) is 3.92. The minimum absolute atomic E-state index is 0.124. The minimum atomic E-state index is -0.760. The molecule has 1 N–H and O–H groups in total. The Balaban J connectivity index is 1.55. The van der Waals surface area contributed by atoms with Crippen LogP contribution in [0.5, 0.6) is 16.7 Å². The third-order valence-electron chi connectivity index (χ3n) is 3.27. The number of aliphatic hydroxyl groups is 1. The van der Waals surface area contributed by atoms with Gasteiger partial charge in [0.1, 0.15) is 24.2 Å². The van der Waals surface area contributed by atoms with E-state index in [1.54, 1.807) is 54.7 Å². The lowest BCUT2D eigenvalue weighted by Gasteiger charge is -2.13. The molecule has 0 saturated heterocycles. The molecule has 120 valence electrons. The van der Waals surface area contributed by atoms with Crippen LogP contribution in [-0.2, 0) is 0 Å². The van der Waals surface area contributed by atoms with Crippen molar-refractivity contribution in [3.8, 4) is 22.8 Å². The SMILES string of the molecule is N#Cc1ccc(C(O)COc2ccc(Oc3nccs3)cc2)cc1. The van der Waals surface area contributed by atoms with Crippen LogP contribution in [0.4, 0.5) is 0 Å². The van der Waals surface area contributed by atoms with Crippen molar-refractivity contribution < 1.29 is 14.6 Å². The van der Waals surface area contributed by atoms with Gasteiger partial charge in [0, 0.05) is 11.6 Å². The van der Waals surface area contributed by atoms with E-state index in [1.807, 2.05) is 11.4 Å². The minimum Gasteiger partial charge on any atom is -0.491 e. The summed E-state index contributed by atoms with van der Waals surface area (Å²) in [7, 11) is 0. The van der Waals surface area contributed by atoms with Gasteiger partial charge in [0.25, 0.3) is 5.19 Å². The second-order valence-corrected chi connectivity index (χ2v) is 5.79. The Labute approximate surface area is 143 Å². The third kappa shape index (κ3) is 4.10. The summed E-state index contributed by atoms with van der Waals surface area (Å²) < 4.78 is 11.2. The summed E-state index contributed by atoms with van der Waals surface area (Å²) in [6, 6.07) is 15.9. The van der Waals surface area contributed by atoms with Gasteiger partial charge < -0.3 is 14.6 Å². The summed E-state index contributed by atoms with van der Waals surface area (Å²) in [6.45, 7) is 0.124. The smallest absolute Gasteiger partial charge is 0.278 e. The molecule has 6 heteroatoms. The van der Waals surface area contributed by atoms with Gasteiger partial charge in [-0.1, -0.05) is 23.5 Å². The van der Waals surface area contributed by atoms with Crippen LogP contribution in [0.1, 0.15) is 17.2 Å².